The molecule has 0 spiro atoms. The van der Waals surface area contributed by atoms with Gasteiger partial charge in [0, 0.05) is 12.1 Å². The summed E-state index contributed by atoms with van der Waals surface area (Å²) in [5, 5.41) is 0. The second-order valence-corrected chi connectivity index (χ2v) is 5.16. The van der Waals surface area contributed by atoms with Gasteiger partial charge in [0.1, 0.15) is 23.5 Å². The third-order valence-corrected chi connectivity index (χ3v) is 3.36. The molecule has 0 aromatic heterocycles. The molecule has 0 aliphatic heterocycles. The number of carbonyl (C=O) groups excluding carboxylic acids is 1. The largest absolute Gasteiger partial charge is 0.497 e. The highest BCUT2D eigenvalue weighted by molar-refractivity contribution is 5.74. The van der Waals surface area contributed by atoms with Gasteiger partial charge in [0.15, 0.2) is 0 Å². The Morgan fingerprint density at radius 2 is 1.48 bits per heavy atom. The minimum absolute atomic E-state index is 0.567. The van der Waals surface area contributed by atoms with E-state index in [0.29, 0.717) is 12.1 Å². The van der Waals surface area contributed by atoms with E-state index in [4.69, 9.17) is 15.2 Å². The van der Waals surface area contributed by atoms with Crippen molar-refractivity contribution >= 4 is 6.29 Å². The van der Waals surface area contributed by atoms with Crippen LogP contribution >= 0.6 is 0 Å². The molecule has 0 saturated heterocycles. The summed E-state index contributed by atoms with van der Waals surface area (Å²) in [5.41, 5.74) is 7.16. The van der Waals surface area contributed by atoms with Crippen LogP contribution in [0.4, 0.5) is 0 Å². The third-order valence-electron chi connectivity index (χ3n) is 3.36. The first-order valence-electron chi connectivity index (χ1n) is 7.86. The topological polar surface area (TPSA) is 61.5 Å². The molecule has 0 bridgehead atoms. The van der Waals surface area contributed by atoms with Crippen LogP contribution in [-0.4, -0.2) is 13.4 Å². The van der Waals surface area contributed by atoms with Crippen LogP contribution in [0.3, 0.4) is 0 Å². The molecule has 0 atom stereocenters. The number of ether oxygens (including phenoxy) is 2. The first kappa shape index (κ1) is 18.2. The molecule has 0 aliphatic carbocycles. The van der Waals surface area contributed by atoms with Crippen molar-refractivity contribution in [3.05, 3.63) is 90.0 Å². The molecule has 0 radical (unpaired) electrons. The minimum Gasteiger partial charge on any atom is -0.497 e. The summed E-state index contributed by atoms with van der Waals surface area (Å²) < 4.78 is 10.6. The monoisotopic (exact) mass is 335 g/mol. The number of methoxy groups -OCH3 is 1. The molecule has 0 unspecified atom stereocenters. The highest BCUT2D eigenvalue weighted by Crippen LogP contribution is 2.20. The Morgan fingerprint density at radius 1 is 0.840 bits per heavy atom. The second kappa shape index (κ2) is 9.90. The number of hydrogen-bond donors (Lipinski definition) is 1. The van der Waals surface area contributed by atoms with Crippen LogP contribution in [0.25, 0.3) is 0 Å². The van der Waals surface area contributed by atoms with Gasteiger partial charge in [0.05, 0.1) is 7.11 Å². The molecular formula is C21H21NO3. The van der Waals surface area contributed by atoms with E-state index in [1.165, 1.54) is 0 Å². The van der Waals surface area contributed by atoms with Crippen LogP contribution in [0, 0.1) is 0 Å². The molecule has 4 nitrogen and oxygen atoms in total. The van der Waals surface area contributed by atoms with Crippen molar-refractivity contribution < 1.29 is 14.3 Å². The first-order valence-corrected chi connectivity index (χ1v) is 7.86. The highest BCUT2D eigenvalue weighted by Gasteiger charge is 1.96. The third kappa shape index (κ3) is 6.12. The Kier molecular flexibility index (Phi) is 7.22. The molecular weight excluding hydrogens is 314 g/mol. The smallest absolute Gasteiger partial charge is 0.150 e. The van der Waals surface area contributed by atoms with Gasteiger partial charge in [-0.15, -0.1) is 0 Å². The van der Waals surface area contributed by atoms with Crippen LogP contribution in [0.2, 0.25) is 0 Å². The summed E-state index contributed by atoms with van der Waals surface area (Å²) >= 11 is 0. The summed E-state index contributed by atoms with van der Waals surface area (Å²) in [6.45, 7) is 0.567. The zero-order chi connectivity index (χ0) is 17.9. The molecule has 0 aliphatic rings. The van der Waals surface area contributed by atoms with Crippen molar-refractivity contribution in [2.45, 2.75) is 6.54 Å². The average molecular weight is 335 g/mol. The number of hydrogen-bond acceptors (Lipinski definition) is 4. The Morgan fingerprint density at radius 3 is 2.08 bits per heavy atom. The van der Waals surface area contributed by atoms with Crippen molar-refractivity contribution in [2.75, 3.05) is 7.11 Å². The van der Waals surface area contributed by atoms with Crippen LogP contribution in [0.1, 0.15) is 15.9 Å². The molecule has 128 valence electrons. The Bertz CT molecular complexity index is 751. The maximum Gasteiger partial charge on any atom is 0.150 e. The fourth-order valence-corrected chi connectivity index (χ4v) is 2.04. The molecule has 3 aromatic carbocycles. The van der Waals surface area contributed by atoms with Crippen LogP contribution in [-0.2, 0) is 6.54 Å². The van der Waals surface area contributed by atoms with E-state index in [1.54, 1.807) is 31.4 Å². The molecule has 0 amide bonds. The van der Waals surface area contributed by atoms with Crippen molar-refractivity contribution in [2.24, 2.45) is 5.73 Å². The summed E-state index contributed by atoms with van der Waals surface area (Å²) in [6.07, 6.45) is 0.812. The van der Waals surface area contributed by atoms with E-state index < -0.39 is 0 Å². The van der Waals surface area contributed by atoms with E-state index in [2.05, 4.69) is 0 Å². The molecule has 0 saturated carbocycles. The lowest BCUT2D eigenvalue weighted by molar-refractivity contribution is 0.112. The lowest BCUT2D eigenvalue weighted by Crippen LogP contribution is -1.95. The fraction of sp³-hybridized carbons (Fsp3) is 0.0952. The number of rotatable bonds is 5. The van der Waals surface area contributed by atoms with E-state index in [9.17, 15) is 4.79 Å². The van der Waals surface area contributed by atoms with E-state index in [-0.39, 0.29) is 0 Å². The number of benzene rings is 3. The van der Waals surface area contributed by atoms with Crippen LogP contribution in [0.15, 0.2) is 78.9 Å². The minimum atomic E-state index is 0.567. The molecule has 25 heavy (non-hydrogen) atoms. The number of nitrogens with two attached hydrogens (primary N) is 1. The summed E-state index contributed by atoms with van der Waals surface area (Å²) in [6, 6.07) is 24.3. The maximum absolute atomic E-state index is 10.4. The van der Waals surface area contributed by atoms with Crippen molar-refractivity contribution in [3.63, 3.8) is 0 Å². The molecule has 0 fully saturated rings. The Balaban J connectivity index is 0.000000196. The molecule has 3 aromatic rings. The predicted molar refractivity (Wildman–Crippen MR) is 99.2 cm³/mol. The molecule has 4 heteroatoms. The Hall–Kier alpha value is -3.11. The lowest BCUT2D eigenvalue weighted by atomic mass is 10.2. The lowest BCUT2D eigenvalue weighted by Gasteiger charge is -2.04. The summed E-state index contributed by atoms with van der Waals surface area (Å²) in [7, 11) is 1.65. The molecule has 3 rings (SSSR count). The van der Waals surface area contributed by atoms with Gasteiger partial charge in [-0.2, -0.15) is 0 Å². The molecule has 0 heterocycles. The van der Waals surface area contributed by atoms with Gasteiger partial charge in [-0.05, 0) is 54.1 Å². The number of para-hydroxylation sites is 1. The zero-order valence-electron chi connectivity index (χ0n) is 14.1. The van der Waals surface area contributed by atoms with Crippen molar-refractivity contribution in [1.29, 1.82) is 0 Å². The van der Waals surface area contributed by atoms with E-state index in [1.807, 2.05) is 54.6 Å². The van der Waals surface area contributed by atoms with Gasteiger partial charge in [-0.25, -0.2) is 0 Å². The average Bonchev–Trinajstić information content (AvgIpc) is 2.70. The van der Waals surface area contributed by atoms with E-state index >= 15 is 0 Å². The van der Waals surface area contributed by atoms with Gasteiger partial charge >= 0.3 is 0 Å². The van der Waals surface area contributed by atoms with Crippen molar-refractivity contribution in [1.82, 2.24) is 0 Å². The summed E-state index contributed by atoms with van der Waals surface area (Å²) in [5.74, 6) is 2.38. The fourth-order valence-electron chi connectivity index (χ4n) is 2.04. The van der Waals surface area contributed by atoms with Gasteiger partial charge in [-0.3, -0.25) is 4.79 Å². The quantitative estimate of drug-likeness (QED) is 0.700. The van der Waals surface area contributed by atoms with Gasteiger partial charge in [0.25, 0.3) is 0 Å². The normalized spacial score (nSPS) is 9.52. The SMILES string of the molecule is COc1cccc(CN)c1.O=Cc1ccc(Oc2ccccc2)cc1. The first-order chi connectivity index (χ1) is 12.2. The van der Waals surface area contributed by atoms with Gasteiger partial charge < -0.3 is 15.2 Å². The predicted octanol–water partition coefficient (Wildman–Crippen LogP) is 4.45. The van der Waals surface area contributed by atoms with Gasteiger partial charge in [-0.1, -0.05) is 30.3 Å². The number of aldehydes is 1. The maximum atomic E-state index is 10.4. The van der Waals surface area contributed by atoms with Crippen molar-refractivity contribution in [3.8, 4) is 17.2 Å². The summed E-state index contributed by atoms with van der Waals surface area (Å²) in [4.78, 5) is 10.4. The standard InChI is InChI=1S/C13H10O2.C8H11NO/c14-10-11-6-8-13(9-7-11)15-12-4-2-1-3-5-12;1-10-8-4-2-3-7(5-8)6-9/h1-10H;2-5H,6,9H2,1H3. The zero-order valence-corrected chi connectivity index (χ0v) is 14.1. The van der Waals surface area contributed by atoms with Gasteiger partial charge in [0.2, 0.25) is 0 Å². The molecule has 2 N–H and O–H groups in total. The van der Waals surface area contributed by atoms with Crippen LogP contribution in [0.5, 0.6) is 17.2 Å². The number of carbonyl (C=O) groups is 1. The Labute approximate surface area is 147 Å². The van der Waals surface area contributed by atoms with E-state index in [0.717, 1.165) is 29.1 Å². The van der Waals surface area contributed by atoms with Crippen LogP contribution < -0.4 is 15.2 Å². The highest BCUT2D eigenvalue weighted by atomic mass is 16.5. The second-order valence-electron chi connectivity index (χ2n) is 5.16.